The third-order valence-electron chi connectivity index (χ3n) is 3.29. The van der Waals surface area contributed by atoms with Crippen molar-refractivity contribution in [1.82, 2.24) is 10.3 Å². The van der Waals surface area contributed by atoms with Crippen LogP contribution >= 0.6 is 11.3 Å². The molecule has 134 valence electrons. The summed E-state index contributed by atoms with van der Waals surface area (Å²) in [6.07, 6.45) is -1.11. The lowest BCUT2D eigenvalue weighted by atomic mass is 10.2. The lowest BCUT2D eigenvalue weighted by molar-refractivity contribution is -0.148. The van der Waals surface area contributed by atoms with E-state index in [0.29, 0.717) is 23.7 Å². The minimum Gasteiger partial charge on any atom is -0.493 e. The van der Waals surface area contributed by atoms with Crippen molar-refractivity contribution in [3.63, 3.8) is 0 Å². The van der Waals surface area contributed by atoms with Crippen LogP contribution in [0.15, 0.2) is 29.1 Å². The van der Waals surface area contributed by atoms with E-state index < -0.39 is 18.0 Å². The molecule has 1 heterocycles. The zero-order chi connectivity index (χ0) is 18.2. The summed E-state index contributed by atoms with van der Waals surface area (Å²) in [5, 5.41) is 13.3. The Labute approximate surface area is 148 Å². The number of nitrogens with zero attached hydrogens (tertiary/aromatic N) is 1. The average molecular weight is 366 g/mol. The van der Waals surface area contributed by atoms with Crippen molar-refractivity contribution in [3.05, 3.63) is 40.3 Å². The number of nitrogens with one attached hydrogen (secondary N) is 1. The molecule has 2 rings (SSSR count). The van der Waals surface area contributed by atoms with Gasteiger partial charge in [0.05, 0.1) is 24.9 Å². The van der Waals surface area contributed by atoms with Gasteiger partial charge in [0.25, 0.3) is 5.91 Å². The fourth-order valence-corrected chi connectivity index (χ4v) is 2.49. The van der Waals surface area contributed by atoms with Crippen LogP contribution in [0, 0.1) is 0 Å². The quantitative estimate of drug-likeness (QED) is 0.693. The zero-order valence-electron chi connectivity index (χ0n) is 13.7. The summed E-state index contributed by atoms with van der Waals surface area (Å²) >= 11 is 1.48. The van der Waals surface area contributed by atoms with Crippen molar-refractivity contribution >= 4 is 23.2 Å². The van der Waals surface area contributed by atoms with E-state index in [1.165, 1.54) is 31.6 Å². The fourth-order valence-electron chi connectivity index (χ4n) is 1.95. The number of rotatable bonds is 9. The second kappa shape index (κ2) is 9.00. The van der Waals surface area contributed by atoms with Gasteiger partial charge in [0.15, 0.2) is 17.6 Å². The molecule has 0 bridgehead atoms. The molecule has 0 fully saturated rings. The summed E-state index contributed by atoms with van der Waals surface area (Å²) in [4.78, 5) is 27.1. The van der Waals surface area contributed by atoms with Crippen molar-refractivity contribution < 1.29 is 28.9 Å². The summed E-state index contributed by atoms with van der Waals surface area (Å²) < 4.78 is 15.7. The Morgan fingerprint density at radius 2 is 2.12 bits per heavy atom. The molecule has 1 unspecified atom stereocenters. The van der Waals surface area contributed by atoms with Crippen LogP contribution in [0.3, 0.4) is 0 Å². The molecule has 1 amide bonds. The van der Waals surface area contributed by atoms with E-state index in [1.807, 2.05) is 5.38 Å². The maximum Gasteiger partial charge on any atom is 0.334 e. The predicted octanol–water partition coefficient (Wildman–Crippen LogP) is 1.56. The van der Waals surface area contributed by atoms with Gasteiger partial charge < -0.3 is 24.6 Å². The molecular weight excluding hydrogens is 348 g/mol. The second-order valence-corrected chi connectivity index (χ2v) is 5.63. The van der Waals surface area contributed by atoms with E-state index in [0.717, 1.165) is 5.69 Å². The van der Waals surface area contributed by atoms with Crippen LogP contribution in [-0.4, -0.2) is 48.8 Å². The molecule has 2 aromatic rings. The summed E-state index contributed by atoms with van der Waals surface area (Å²) in [5.41, 5.74) is 2.83. The second-order valence-electron chi connectivity index (χ2n) is 4.91. The largest absolute Gasteiger partial charge is 0.493 e. The molecule has 0 aliphatic rings. The number of methoxy groups -OCH3 is 2. The first kappa shape index (κ1) is 18.7. The minimum absolute atomic E-state index is 0.144. The van der Waals surface area contributed by atoms with Crippen LogP contribution in [0.1, 0.15) is 16.1 Å². The number of aliphatic carboxylic acids is 1. The number of thiazole rings is 1. The van der Waals surface area contributed by atoms with Crippen molar-refractivity contribution in [2.75, 3.05) is 20.8 Å². The number of carbonyl (C=O) groups excluding carboxylic acids is 1. The maximum absolute atomic E-state index is 12.1. The summed E-state index contributed by atoms with van der Waals surface area (Å²) in [7, 11) is 2.74. The first-order valence-electron chi connectivity index (χ1n) is 7.26. The number of hydrogen-bond donors (Lipinski definition) is 2. The van der Waals surface area contributed by atoms with Gasteiger partial charge in [0, 0.05) is 18.1 Å². The van der Waals surface area contributed by atoms with Crippen LogP contribution in [0.4, 0.5) is 0 Å². The Morgan fingerprint density at radius 3 is 2.72 bits per heavy atom. The third kappa shape index (κ3) is 5.16. The van der Waals surface area contributed by atoms with Gasteiger partial charge in [-0.3, -0.25) is 4.79 Å². The zero-order valence-corrected chi connectivity index (χ0v) is 14.5. The van der Waals surface area contributed by atoms with Gasteiger partial charge in [-0.15, -0.1) is 11.3 Å². The lowest BCUT2D eigenvalue weighted by Gasteiger charge is -2.13. The van der Waals surface area contributed by atoms with E-state index in [9.17, 15) is 9.59 Å². The molecule has 8 nitrogen and oxygen atoms in total. The molecule has 0 aliphatic carbocycles. The van der Waals surface area contributed by atoms with E-state index in [4.69, 9.17) is 19.3 Å². The number of hydrogen-bond acceptors (Lipinski definition) is 7. The minimum atomic E-state index is -1.15. The molecule has 0 aliphatic heterocycles. The molecule has 0 radical (unpaired) electrons. The van der Waals surface area contributed by atoms with Gasteiger partial charge >= 0.3 is 5.97 Å². The molecule has 1 aromatic carbocycles. The van der Waals surface area contributed by atoms with Gasteiger partial charge in [0.1, 0.15) is 6.61 Å². The van der Waals surface area contributed by atoms with E-state index in [1.54, 1.807) is 17.6 Å². The Hall–Kier alpha value is -2.65. The molecule has 0 saturated heterocycles. The van der Waals surface area contributed by atoms with E-state index >= 15 is 0 Å². The molecule has 25 heavy (non-hydrogen) atoms. The summed E-state index contributed by atoms with van der Waals surface area (Å²) in [5.74, 6) is -0.712. The average Bonchev–Trinajstić information content (AvgIpc) is 3.13. The molecule has 1 aromatic heterocycles. The molecule has 0 saturated carbocycles. The van der Waals surface area contributed by atoms with Crippen LogP contribution in [0.5, 0.6) is 11.5 Å². The number of ether oxygens (including phenoxy) is 3. The summed E-state index contributed by atoms with van der Waals surface area (Å²) in [6.45, 7) is 0.147. The van der Waals surface area contributed by atoms with Crippen LogP contribution in [-0.2, 0) is 16.1 Å². The lowest BCUT2D eigenvalue weighted by Crippen LogP contribution is -2.37. The SMILES string of the molecule is COc1cc(C(=O)NCC(OC)C(=O)O)ccc1OCc1cscn1. The number of aromatic nitrogens is 1. The Bertz CT molecular complexity index is 719. The predicted molar refractivity (Wildman–Crippen MR) is 90.2 cm³/mol. The Morgan fingerprint density at radius 1 is 1.32 bits per heavy atom. The van der Waals surface area contributed by atoms with Crippen molar-refractivity contribution in [1.29, 1.82) is 0 Å². The standard InChI is InChI=1S/C16H18N2O6S/c1-22-13-5-10(15(19)17-6-14(23-2)16(20)21)3-4-12(13)24-7-11-8-25-9-18-11/h3-5,8-9,14H,6-7H2,1-2H3,(H,17,19)(H,20,21). The normalized spacial score (nSPS) is 11.6. The summed E-state index contributed by atoms with van der Waals surface area (Å²) in [6, 6.07) is 4.70. The number of benzene rings is 1. The molecule has 2 N–H and O–H groups in total. The smallest absolute Gasteiger partial charge is 0.334 e. The number of amides is 1. The fraction of sp³-hybridized carbons (Fsp3) is 0.312. The van der Waals surface area contributed by atoms with Gasteiger partial charge in [0.2, 0.25) is 0 Å². The Balaban J connectivity index is 2.01. The first-order valence-corrected chi connectivity index (χ1v) is 8.21. The van der Waals surface area contributed by atoms with Gasteiger partial charge in [-0.1, -0.05) is 0 Å². The highest BCUT2D eigenvalue weighted by molar-refractivity contribution is 7.07. The van der Waals surface area contributed by atoms with Crippen molar-refractivity contribution in [2.24, 2.45) is 0 Å². The molecule has 1 atom stereocenters. The van der Waals surface area contributed by atoms with Crippen molar-refractivity contribution in [2.45, 2.75) is 12.7 Å². The van der Waals surface area contributed by atoms with Gasteiger partial charge in [-0.2, -0.15) is 0 Å². The topological polar surface area (TPSA) is 107 Å². The van der Waals surface area contributed by atoms with Gasteiger partial charge in [-0.25, -0.2) is 9.78 Å². The highest BCUT2D eigenvalue weighted by atomic mass is 32.1. The van der Waals surface area contributed by atoms with Crippen LogP contribution < -0.4 is 14.8 Å². The molecular formula is C16H18N2O6S. The number of carboxylic acid groups (broad SMARTS) is 1. The number of carboxylic acids is 1. The highest BCUT2D eigenvalue weighted by Gasteiger charge is 2.18. The van der Waals surface area contributed by atoms with Gasteiger partial charge in [-0.05, 0) is 18.2 Å². The maximum atomic E-state index is 12.1. The van der Waals surface area contributed by atoms with Crippen LogP contribution in [0.2, 0.25) is 0 Å². The molecule has 0 spiro atoms. The Kier molecular flexibility index (Phi) is 6.72. The molecule has 9 heteroatoms. The van der Waals surface area contributed by atoms with E-state index in [2.05, 4.69) is 10.3 Å². The first-order chi connectivity index (χ1) is 12.0. The third-order valence-corrected chi connectivity index (χ3v) is 3.93. The monoisotopic (exact) mass is 366 g/mol. The van der Waals surface area contributed by atoms with Crippen molar-refractivity contribution in [3.8, 4) is 11.5 Å². The highest BCUT2D eigenvalue weighted by Crippen LogP contribution is 2.28. The number of carbonyl (C=O) groups is 2. The van der Waals surface area contributed by atoms with E-state index in [-0.39, 0.29) is 6.54 Å². The van der Waals surface area contributed by atoms with Crippen LogP contribution in [0.25, 0.3) is 0 Å².